The molecule has 0 fully saturated rings. The van der Waals surface area contributed by atoms with Crippen molar-refractivity contribution >= 4 is 17.6 Å². The minimum Gasteiger partial charge on any atom is -0.489 e. The van der Waals surface area contributed by atoms with E-state index in [0.717, 1.165) is 22.4 Å². The van der Waals surface area contributed by atoms with Crippen LogP contribution >= 0.6 is 0 Å². The fourth-order valence-electron chi connectivity index (χ4n) is 3.89. The molecule has 1 unspecified atom stereocenters. The Bertz CT molecular complexity index is 1300. The predicted octanol–water partition coefficient (Wildman–Crippen LogP) is 6.30. The number of carboxylic acid groups (broad SMARTS) is 1. The maximum Gasteiger partial charge on any atom is 0.335 e. The summed E-state index contributed by atoms with van der Waals surface area (Å²) >= 11 is 0. The number of benzene rings is 4. The minimum atomic E-state index is -0.975. The molecule has 1 atom stereocenters. The van der Waals surface area contributed by atoms with Gasteiger partial charge in [0.1, 0.15) is 12.4 Å². The molecule has 0 saturated heterocycles. The molecule has 0 spiro atoms. The van der Waals surface area contributed by atoms with Gasteiger partial charge in [0.05, 0.1) is 11.5 Å². The van der Waals surface area contributed by atoms with Crippen LogP contribution in [0.2, 0.25) is 0 Å². The molecule has 0 saturated carbocycles. The van der Waals surface area contributed by atoms with Crippen LogP contribution in [0.15, 0.2) is 103 Å². The fraction of sp³-hybridized carbons (Fsp3) is 0.133. The van der Waals surface area contributed by atoms with Gasteiger partial charge in [0, 0.05) is 12.1 Å². The van der Waals surface area contributed by atoms with Crippen LogP contribution in [-0.2, 0) is 17.8 Å². The Morgan fingerprint density at radius 2 is 1.49 bits per heavy atom. The Labute approximate surface area is 205 Å². The van der Waals surface area contributed by atoms with Crippen molar-refractivity contribution in [2.75, 3.05) is 5.32 Å². The lowest BCUT2D eigenvalue weighted by molar-refractivity contribution is -0.117. The van der Waals surface area contributed by atoms with E-state index >= 15 is 0 Å². The summed E-state index contributed by atoms with van der Waals surface area (Å²) < 4.78 is 5.89. The van der Waals surface area contributed by atoms with Gasteiger partial charge in [0.15, 0.2) is 0 Å². The van der Waals surface area contributed by atoms with Crippen LogP contribution in [0.5, 0.6) is 5.75 Å². The Balaban J connectivity index is 1.62. The first-order chi connectivity index (χ1) is 17.0. The molecule has 35 heavy (non-hydrogen) atoms. The molecule has 0 aromatic heterocycles. The standard InChI is InChI=1S/C30H27NO4/c1-21(23-10-4-2-5-11-23)29(32)31-28-18-22(20-35-26-13-6-3-7-14-26)16-17-25(28)19-24-12-8-9-15-27(24)30(33)34/h2-18,21H,19-20H2,1H3,(H,31,32)(H,33,34). The fourth-order valence-corrected chi connectivity index (χ4v) is 3.89. The Morgan fingerprint density at radius 1 is 0.829 bits per heavy atom. The van der Waals surface area contributed by atoms with Crippen molar-refractivity contribution in [3.8, 4) is 5.75 Å². The molecule has 4 aromatic rings. The van der Waals surface area contributed by atoms with E-state index in [4.69, 9.17) is 4.74 Å². The largest absolute Gasteiger partial charge is 0.489 e. The van der Waals surface area contributed by atoms with Gasteiger partial charge in [0.2, 0.25) is 5.91 Å². The van der Waals surface area contributed by atoms with E-state index in [1.165, 1.54) is 0 Å². The molecule has 1 amide bonds. The number of amides is 1. The molecule has 0 aliphatic heterocycles. The van der Waals surface area contributed by atoms with Crippen molar-refractivity contribution in [3.05, 3.63) is 131 Å². The molecule has 0 aliphatic rings. The lowest BCUT2D eigenvalue weighted by atomic mass is 9.96. The molecular weight excluding hydrogens is 438 g/mol. The number of aromatic carboxylic acids is 1. The van der Waals surface area contributed by atoms with Crippen molar-refractivity contribution < 1.29 is 19.4 Å². The summed E-state index contributed by atoms with van der Waals surface area (Å²) in [5.74, 6) is -0.698. The van der Waals surface area contributed by atoms with Crippen LogP contribution in [-0.4, -0.2) is 17.0 Å². The second-order valence-corrected chi connectivity index (χ2v) is 8.35. The molecule has 0 bridgehead atoms. The van der Waals surface area contributed by atoms with Crippen LogP contribution < -0.4 is 10.1 Å². The lowest BCUT2D eigenvalue weighted by Crippen LogP contribution is -2.20. The number of carbonyl (C=O) groups is 2. The molecular formula is C30H27NO4. The van der Waals surface area contributed by atoms with Crippen LogP contribution in [0.4, 0.5) is 5.69 Å². The highest BCUT2D eigenvalue weighted by Crippen LogP contribution is 2.26. The van der Waals surface area contributed by atoms with E-state index in [1.54, 1.807) is 18.2 Å². The molecule has 0 heterocycles. The molecule has 176 valence electrons. The van der Waals surface area contributed by atoms with Gasteiger partial charge in [-0.2, -0.15) is 0 Å². The van der Waals surface area contributed by atoms with Gasteiger partial charge in [-0.3, -0.25) is 4.79 Å². The number of rotatable bonds is 9. The first-order valence-corrected chi connectivity index (χ1v) is 11.5. The van der Waals surface area contributed by atoms with Crippen LogP contribution in [0, 0.1) is 0 Å². The molecule has 2 N–H and O–H groups in total. The van der Waals surface area contributed by atoms with Crippen molar-refractivity contribution in [1.29, 1.82) is 0 Å². The molecule has 0 aliphatic carbocycles. The third-order valence-electron chi connectivity index (χ3n) is 5.90. The maximum absolute atomic E-state index is 13.1. The number of nitrogens with one attached hydrogen (secondary N) is 1. The van der Waals surface area contributed by atoms with E-state index in [-0.39, 0.29) is 17.4 Å². The monoisotopic (exact) mass is 465 g/mol. The van der Waals surface area contributed by atoms with Gasteiger partial charge in [0.25, 0.3) is 0 Å². The van der Waals surface area contributed by atoms with E-state index < -0.39 is 5.97 Å². The zero-order valence-electron chi connectivity index (χ0n) is 19.5. The SMILES string of the molecule is CC(C(=O)Nc1cc(COc2ccccc2)ccc1Cc1ccccc1C(=O)O)c1ccccc1. The van der Waals surface area contributed by atoms with Gasteiger partial charge in [-0.1, -0.05) is 78.9 Å². The van der Waals surface area contributed by atoms with Crippen molar-refractivity contribution in [2.24, 2.45) is 0 Å². The van der Waals surface area contributed by atoms with Crippen LogP contribution in [0.1, 0.15) is 45.5 Å². The summed E-state index contributed by atoms with van der Waals surface area (Å²) in [6.45, 7) is 2.21. The zero-order chi connectivity index (χ0) is 24.6. The molecule has 5 heteroatoms. The summed E-state index contributed by atoms with van der Waals surface area (Å²) in [7, 11) is 0. The van der Waals surface area contributed by atoms with Gasteiger partial charge in [-0.05, 0) is 53.4 Å². The smallest absolute Gasteiger partial charge is 0.335 e. The second-order valence-electron chi connectivity index (χ2n) is 8.35. The van der Waals surface area contributed by atoms with Crippen molar-refractivity contribution in [3.63, 3.8) is 0 Å². The molecule has 4 aromatic carbocycles. The molecule has 4 rings (SSSR count). The summed E-state index contributed by atoms with van der Waals surface area (Å²) in [6.07, 6.45) is 0.373. The number of para-hydroxylation sites is 1. The first kappa shape index (κ1) is 23.8. The van der Waals surface area contributed by atoms with Crippen LogP contribution in [0.3, 0.4) is 0 Å². The summed E-state index contributed by atoms with van der Waals surface area (Å²) in [4.78, 5) is 24.9. The number of anilines is 1. The topological polar surface area (TPSA) is 75.6 Å². The third-order valence-corrected chi connectivity index (χ3v) is 5.90. The van der Waals surface area contributed by atoms with Gasteiger partial charge in [-0.15, -0.1) is 0 Å². The lowest BCUT2D eigenvalue weighted by Gasteiger charge is -2.17. The third kappa shape index (κ3) is 6.15. The van der Waals surface area contributed by atoms with E-state index in [1.807, 2.05) is 91.9 Å². The quantitative estimate of drug-likeness (QED) is 0.304. The minimum absolute atomic E-state index is 0.134. The van der Waals surface area contributed by atoms with Crippen molar-refractivity contribution in [1.82, 2.24) is 0 Å². The normalized spacial score (nSPS) is 11.5. The number of hydrogen-bond donors (Lipinski definition) is 2. The maximum atomic E-state index is 13.1. The van der Waals surface area contributed by atoms with Gasteiger partial charge < -0.3 is 15.2 Å². The number of carbonyl (C=O) groups excluding carboxylic acids is 1. The number of ether oxygens (including phenoxy) is 1. The first-order valence-electron chi connectivity index (χ1n) is 11.5. The summed E-state index contributed by atoms with van der Waals surface area (Å²) in [5.41, 5.74) is 4.22. The second kappa shape index (κ2) is 11.2. The number of carboxylic acids is 1. The Morgan fingerprint density at radius 3 is 2.20 bits per heavy atom. The predicted molar refractivity (Wildman–Crippen MR) is 137 cm³/mol. The molecule has 5 nitrogen and oxygen atoms in total. The van der Waals surface area contributed by atoms with E-state index in [2.05, 4.69) is 5.32 Å². The van der Waals surface area contributed by atoms with E-state index in [9.17, 15) is 14.7 Å². The summed E-state index contributed by atoms with van der Waals surface area (Å²) in [6, 6.07) is 31.8. The number of hydrogen-bond acceptors (Lipinski definition) is 3. The highest BCUT2D eigenvalue weighted by Gasteiger charge is 2.18. The van der Waals surface area contributed by atoms with E-state index in [0.29, 0.717) is 24.3 Å². The van der Waals surface area contributed by atoms with Crippen molar-refractivity contribution in [2.45, 2.75) is 25.9 Å². The van der Waals surface area contributed by atoms with Gasteiger partial charge in [-0.25, -0.2) is 4.79 Å². The van der Waals surface area contributed by atoms with Crippen LogP contribution in [0.25, 0.3) is 0 Å². The highest BCUT2D eigenvalue weighted by molar-refractivity contribution is 5.96. The Hall–Kier alpha value is -4.38. The molecule has 0 radical (unpaired) electrons. The average Bonchev–Trinajstić information content (AvgIpc) is 2.89. The van der Waals surface area contributed by atoms with Gasteiger partial charge >= 0.3 is 5.97 Å². The highest BCUT2D eigenvalue weighted by atomic mass is 16.5. The summed E-state index contributed by atoms with van der Waals surface area (Å²) in [5, 5.41) is 12.7. The Kier molecular flexibility index (Phi) is 7.58. The average molecular weight is 466 g/mol. The zero-order valence-corrected chi connectivity index (χ0v) is 19.5.